The lowest BCUT2D eigenvalue weighted by Gasteiger charge is -2.44. The third-order valence-corrected chi connectivity index (χ3v) is 8.41. The fraction of sp³-hybridized carbons (Fsp3) is 0.345. The predicted octanol–water partition coefficient (Wildman–Crippen LogP) is 3.78. The van der Waals surface area contributed by atoms with Gasteiger partial charge in [-0.05, 0) is 68.6 Å². The number of hydrogen-bond donors (Lipinski definition) is 2. The van der Waals surface area contributed by atoms with Crippen LogP contribution in [0, 0.1) is 35.5 Å². The lowest BCUT2D eigenvalue weighted by atomic mass is 9.71. The zero-order valence-electron chi connectivity index (χ0n) is 21.3. The van der Waals surface area contributed by atoms with Gasteiger partial charge in [0.1, 0.15) is 11.9 Å². The predicted molar refractivity (Wildman–Crippen MR) is 144 cm³/mol. The monoisotopic (exact) mass is 504 g/mol. The molecule has 2 aliphatic carbocycles. The van der Waals surface area contributed by atoms with Crippen LogP contribution in [0.3, 0.4) is 0 Å². The molecule has 2 fully saturated rings. The Hall–Kier alpha value is -4.63. The van der Waals surface area contributed by atoms with Crippen LogP contribution in [-0.2, 0) is 11.8 Å². The largest absolute Gasteiger partial charge is 0.367 e. The van der Waals surface area contributed by atoms with Gasteiger partial charge in [0.15, 0.2) is 0 Å². The lowest BCUT2D eigenvalue weighted by molar-refractivity contribution is -0.118. The van der Waals surface area contributed by atoms with E-state index >= 15 is 0 Å². The van der Waals surface area contributed by atoms with Crippen LogP contribution in [0.2, 0.25) is 0 Å². The number of anilines is 1. The summed E-state index contributed by atoms with van der Waals surface area (Å²) in [5.74, 6) is 3.44. The molecule has 4 aromatic heterocycles. The van der Waals surface area contributed by atoms with Crippen LogP contribution in [-0.4, -0.2) is 41.9 Å². The number of carbonyl (C=O) groups excluding carboxylic acids is 1. The average molecular weight is 505 g/mol. The van der Waals surface area contributed by atoms with Crippen molar-refractivity contribution in [1.29, 1.82) is 5.26 Å². The van der Waals surface area contributed by atoms with Crippen LogP contribution >= 0.6 is 0 Å². The van der Waals surface area contributed by atoms with Gasteiger partial charge in [-0.25, -0.2) is 9.50 Å². The first kappa shape index (κ1) is 23.7. The number of hydrogen-bond acceptors (Lipinski definition) is 6. The minimum absolute atomic E-state index is 0.243. The zero-order valence-corrected chi connectivity index (χ0v) is 21.3. The van der Waals surface area contributed by atoms with E-state index in [1.807, 2.05) is 44.0 Å². The quantitative estimate of drug-likeness (QED) is 0.400. The van der Waals surface area contributed by atoms with Gasteiger partial charge in [0, 0.05) is 59.5 Å². The van der Waals surface area contributed by atoms with Gasteiger partial charge in [-0.2, -0.15) is 15.5 Å². The second-order valence-corrected chi connectivity index (χ2v) is 10.6. The fourth-order valence-corrected chi connectivity index (χ4v) is 6.45. The molecule has 2 saturated carbocycles. The number of amides is 1. The van der Waals surface area contributed by atoms with E-state index in [2.05, 4.69) is 45.8 Å². The van der Waals surface area contributed by atoms with Crippen molar-refractivity contribution < 1.29 is 4.79 Å². The van der Waals surface area contributed by atoms with E-state index in [-0.39, 0.29) is 17.5 Å². The Kier molecular flexibility index (Phi) is 5.65. The second kappa shape index (κ2) is 9.04. The first-order chi connectivity index (χ1) is 18.4. The Morgan fingerprint density at radius 3 is 2.53 bits per heavy atom. The molecule has 6 rings (SSSR count). The second-order valence-electron chi connectivity index (χ2n) is 10.6. The molecule has 0 radical (unpaired) electrons. The standard InChI is InChI=1S/C29H28N8O/c1-4-27(38)35-29(2)22-6-7-23(29)11-24(10-22)34-26-8-5-18(13-31-26)25-9-19(21-15-32-36(3)16-21)17-37-28(25)20(12-30)14-33-37/h1,5,8-9,13-17,22-24H,6-7,10-11H2,2-3H3,(H,31,34)(H,35,38). The smallest absolute Gasteiger partial charge is 0.296 e. The van der Waals surface area contributed by atoms with E-state index in [1.54, 1.807) is 15.4 Å². The van der Waals surface area contributed by atoms with Gasteiger partial charge in [0.05, 0.1) is 23.5 Å². The molecule has 0 aliphatic heterocycles. The first-order valence-corrected chi connectivity index (χ1v) is 12.8. The van der Waals surface area contributed by atoms with Crippen molar-refractivity contribution in [3.8, 4) is 40.7 Å². The van der Waals surface area contributed by atoms with Crippen molar-refractivity contribution in [2.45, 2.75) is 44.2 Å². The summed E-state index contributed by atoms with van der Waals surface area (Å²) in [6.07, 6.45) is 18.5. The summed E-state index contributed by atoms with van der Waals surface area (Å²) in [7, 11) is 1.88. The van der Waals surface area contributed by atoms with Crippen LogP contribution < -0.4 is 10.6 Å². The van der Waals surface area contributed by atoms with Crippen molar-refractivity contribution in [1.82, 2.24) is 29.7 Å². The highest BCUT2D eigenvalue weighted by molar-refractivity contribution is 5.93. The number of aromatic nitrogens is 5. The van der Waals surface area contributed by atoms with Gasteiger partial charge in [-0.3, -0.25) is 9.48 Å². The van der Waals surface area contributed by atoms with Gasteiger partial charge >= 0.3 is 0 Å². The molecule has 38 heavy (non-hydrogen) atoms. The molecule has 2 N–H and O–H groups in total. The van der Waals surface area contributed by atoms with Crippen molar-refractivity contribution in [3.63, 3.8) is 0 Å². The van der Waals surface area contributed by atoms with E-state index in [0.717, 1.165) is 59.3 Å². The average Bonchev–Trinajstić information content (AvgIpc) is 3.57. The summed E-state index contributed by atoms with van der Waals surface area (Å²) in [6.45, 7) is 2.14. The summed E-state index contributed by atoms with van der Waals surface area (Å²) in [5.41, 5.74) is 4.72. The van der Waals surface area contributed by atoms with Crippen LogP contribution in [0.25, 0.3) is 27.8 Å². The maximum Gasteiger partial charge on any atom is 0.296 e. The summed E-state index contributed by atoms with van der Waals surface area (Å²) in [5, 5.41) is 25.1. The van der Waals surface area contributed by atoms with Crippen molar-refractivity contribution in [3.05, 3.63) is 54.7 Å². The molecule has 190 valence electrons. The molecular weight excluding hydrogens is 476 g/mol. The summed E-state index contributed by atoms with van der Waals surface area (Å²) in [6, 6.07) is 8.61. The van der Waals surface area contributed by atoms with E-state index in [1.165, 1.54) is 0 Å². The van der Waals surface area contributed by atoms with E-state index in [9.17, 15) is 10.1 Å². The number of aryl methyl sites for hydroxylation is 1. The van der Waals surface area contributed by atoms with Crippen LogP contribution in [0.15, 0.2) is 49.2 Å². The Balaban J connectivity index is 1.26. The topological polar surface area (TPSA) is 113 Å². The number of pyridine rings is 2. The SMILES string of the molecule is C#CC(=O)NC1(C)C2CCC1CC(Nc1ccc(-c3cc(-c4cnn(C)c4)cn4ncc(C#N)c34)cn1)C2. The summed E-state index contributed by atoms with van der Waals surface area (Å²) < 4.78 is 3.50. The summed E-state index contributed by atoms with van der Waals surface area (Å²) >= 11 is 0. The number of fused-ring (bicyclic) bond motifs is 3. The third-order valence-electron chi connectivity index (χ3n) is 8.41. The van der Waals surface area contributed by atoms with Gasteiger partial charge < -0.3 is 10.6 Å². The van der Waals surface area contributed by atoms with Crippen molar-refractivity contribution in [2.24, 2.45) is 18.9 Å². The molecule has 0 spiro atoms. The van der Waals surface area contributed by atoms with Gasteiger partial charge in [0.25, 0.3) is 5.91 Å². The van der Waals surface area contributed by atoms with Crippen molar-refractivity contribution >= 4 is 17.2 Å². The molecule has 9 nitrogen and oxygen atoms in total. The number of nitriles is 1. The number of rotatable bonds is 5. The zero-order chi connectivity index (χ0) is 26.4. The Morgan fingerprint density at radius 2 is 1.89 bits per heavy atom. The Morgan fingerprint density at radius 1 is 1.11 bits per heavy atom. The molecule has 0 saturated heterocycles. The first-order valence-electron chi connectivity index (χ1n) is 12.8. The third kappa shape index (κ3) is 3.97. The molecule has 2 aliphatic rings. The van der Waals surface area contributed by atoms with Gasteiger partial charge in [-0.15, -0.1) is 6.42 Å². The molecule has 2 atom stereocenters. The maximum absolute atomic E-state index is 11.9. The van der Waals surface area contributed by atoms with Gasteiger partial charge in [-0.1, -0.05) is 0 Å². The maximum atomic E-state index is 11.9. The van der Waals surface area contributed by atoms with Crippen LogP contribution in [0.5, 0.6) is 0 Å². The molecule has 2 bridgehead atoms. The van der Waals surface area contributed by atoms with Crippen molar-refractivity contribution in [2.75, 3.05) is 5.32 Å². The Labute approximate surface area is 220 Å². The molecule has 9 heteroatoms. The molecule has 2 unspecified atom stereocenters. The number of nitrogens with zero attached hydrogens (tertiary/aromatic N) is 6. The molecular formula is C29H28N8O. The number of nitrogens with one attached hydrogen (secondary N) is 2. The van der Waals surface area contributed by atoms with E-state index in [0.29, 0.717) is 17.4 Å². The van der Waals surface area contributed by atoms with E-state index in [4.69, 9.17) is 11.4 Å². The normalized spacial score (nSPS) is 24.1. The van der Waals surface area contributed by atoms with E-state index < -0.39 is 0 Å². The van der Waals surface area contributed by atoms with Crippen LogP contribution in [0.1, 0.15) is 38.2 Å². The molecule has 4 heterocycles. The minimum atomic E-state index is -0.326. The highest BCUT2D eigenvalue weighted by atomic mass is 16.1. The summed E-state index contributed by atoms with van der Waals surface area (Å²) in [4.78, 5) is 16.7. The number of carbonyl (C=O) groups is 1. The van der Waals surface area contributed by atoms with Gasteiger partial charge in [0.2, 0.25) is 0 Å². The minimum Gasteiger partial charge on any atom is -0.367 e. The molecule has 4 aromatic rings. The number of terminal acetylenes is 1. The molecule has 0 aromatic carbocycles. The Bertz CT molecular complexity index is 1600. The molecule has 1 amide bonds. The fourth-order valence-electron chi connectivity index (χ4n) is 6.45. The lowest BCUT2D eigenvalue weighted by Crippen LogP contribution is -2.57. The highest BCUT2D eigenvalue weighted by Gasteiger charge is 2.51. The van der Waals surface area contributed by atoms with Crippen LogP contribution in [0.4, 0.5) is 5.82 Å². The highest BCUT2D eigenvalue weighted by Crippen LogP contribution is 2.50.